The normalized spacial score (nSPS) is 21.5. The third kappa shape index (κ3) is 5.78. The Morgan fingerprint density at radius 2 is 1.94 bits per heavy atom. The molecule has 1 aromatic rings. The Hall–Kier alpha value is -2.35. The Kier molecular flexibility index (Phi) is 7.73. The van der Waals surface area contributed by atoms with E-state index >= 15 is 0 Å². The highest BCUT2D eigenvalue weighted by Crippen LogP contribution is 2.40. The predicted molar refractivity (Wildman–Crippen MR) is 126 cm³/mol. The number of carboxylic acids is 1. The minimum atomic E-state index is -1.23. The average Bonchev–Trinajstić information content (AvgIpc) is 2.82. The molecule has 8 heteroatoms. The van der Waals surface area contributed by atoms with Crippen LogP contribution in [-0.2, 0) is 17.6 Å². The lowest BCUT2D eigenvalue weighted by Gasteiger charge is -2.44. The summed E-state index contributed by atoms with van der Waals surface area (Å²) in [4.78, 5) is 31.0. The van der Waals surface area contributed by atoms with Crippen LogP contribution >= 0.6 is 0 Å². The quantitative estimate of drug-likeness (QED) is 0.467. The van der Waals surface area contributed by atoms with E-state index in [0.29, 0.717) is 32.5 Å². The number of nitrogens with zero attached hydrogens (tertiary/aromatic N) is 2. The molecule has 0 bridgehead atoms. The van der Waals surface area contributed by atoms with Gasteiger partial charge in [0.05, 0.1) is 11.5 Å². The standard InChI is InChI=1S/C25H38N4O4/c30-23(31)21(18-6-2-1-3-7-18)25(33)12-16-29(17-13-25)24(32)27-15-5-9-20-11-10-19-8-4-14-26-22(19)28-20/h10-11,18,21,33H,1-9,12-17H2,(H,26,28)(H,27,32)(H,30,31). The van der Waals surface area contributed by atoms with Gasteiger partial charge in [0.1, 0.15) is 5.82 Å². The first-order valence-corrected chi connectivity index (χ1v) is 12.7. The van der Waals surface area contributed by atoms with Crippen molar-refractivity contribution in [3.8, 4) is 0 Å². The van der Waals surface area contributed by atoms with Crippen molar-refractivity contribution in [1.82, 2.24) is 15.2 Å². The molecule has 0 aromatic carbocycles. The van der Waals surface area contributed by atoms with Gasteiger partial charge in [-0.15, -0.1) is 0 Å². The highest BCUT2D eigenvalue weighted by Gasteiger charge is 2.48. The number of rotatable bonds is 7. The molecule has 3 aliphatic rings. The molecule has 1 aliphatic carbocycles. The maximum atomic E-state index is 12.6. The van der Waals surface area contributed by atoms with Gasteiger partial charge in [0.2, 0.25) is 0 Å². The first-order valence-electron chi connectivity index (χ1n) is 12.7. The first-order chi connectivity index (χ1) is 16.0. The van der Waals surface area contributed by atoms with Gasteiger partial charge in [-0.1, -0.05) is 25.3 Å². The molecular weight excluding hydrogens is 420 g/mol. The van der Waals surface area contributed by atoms with E-state index in [1.54, 1.807) is 4.90 Å². The number of amides is 2. The molecule has 4 N–H and O–H groups in total. The lowest BCUT2D eigenvalue weighted by Crippen LogP contribution is -2.56. The van der Waals surface area contributed by atoms with Crippen LogP contribution in [0.15, 0.2) is 12.1 Å². The number of hydrogen-bond acceptors (Lipinski definition) is 5. The predicted octanol–water partition coefficient (Wildman–Crippen LogP) is 3.19. The number of carbonyl (C=O) groups is 2. The average molecular weight is 459 g/mol. The molecule has 1 atom stereocenters. The summed E-state index contributed by atoms with van der Waals surface area (Å²) < 4.78 is 0. The van der Waals surface area contributed by atoms with Crippen molar-refractivity contribution >= 4 is 17.8 Å². The van der Waals surface area contributed by atoms with E-state index in [-0.39, 0.29) is 11.9 Å². The summed E-state index contributed by atoms with van der Waals surface area (Å²) in [6, 6.07) is 4.08. The van der Waals surface area contributed by atoms with Gasteiger partial charge in [0.15, 0.2) is 0 Å². The van der Waals surface area contributed by atoms with E-state index in [9.17, 15) is 19.8 Å². The van der Waals surface area contributed by atoms with Gasteiger partial charge in [-0.3, -0.25) is 4.79 Å². The number of urea groups is 1. The van der Waals surface area contributed by atoms with Crippen molar-refractivity contribution in [2.45, 2.75) is 76.2 Å². The molecule has 0 radical (unpaired) electrons. The molecule has 2 aliphatic heterocycles. The van der Waals surface area contributed by atoms with Crippen LogP contribution in [0.3, 0.4) is 0 Å². The molecule has 33 heavy (non-hydrogen) atoms. The topological polar surface area (TPSA) is 115 Å². The van der Waals surface area contributed by atoms with Gasteiger partial charge in [-0.25, -0.2) is 9.78 Å². The van der Waals surface area contributed by atoms with Crippen molar-refractivity contribution in [2.75, 3.05) is 31.5 Å². The second kappa shape index (κ2) is 10.7. The van der Waals surface area contributed by atoms with Crippen molar-refractivity contribution in [2.24, 2.45) is 11.8 Å². The number of anilines is 1. The summed E-state index contributed by atoms with van der Waals surface area (Å²) >= 11 is 0. The molecule has 1 unspecified atom stereocenters. The fraction of sp³-hybridized carbons (Fsp3) is 0.720. The summed E-state index contributed by atoms with van der Waals surface area (Å²) in [5.74, 6) is -0.597. The maximum absolute atomic E-state index is 12.6. The number of aliphatic carboxylic acids is 1. The van der Waals surface area contributed by atoms with E-state index in [4.69, 9.17) is 4.98 Å². The Labute approximate surface area is 196 Å². The molecule has 1 saturated carbocycles. The molecule has 1 saturated heterocycles. The van der Waals surface area contributed by atoms with Gasteiger partial charge < -0.3 is 25.7 Å². The lowest BCUT2D eigenvalue weighted by molar-refractivity contribution is -0.162. The number of carboxylic acid groups (broad SMARTS) is 1. The molecular formula is C25H38N4O4. The van der Waals surface area contributed by atoms with Crippen LogP contribution in [0, 0.1) is 11.8 Å². The van der Waals surface area contributed by atoms with Crippen molar-refractivity contribution < 1.29 is 19.8 Å². The van der Waals surface area contributed by atoms with Crippen LogP contribution in [0.1, 0.15) is 69.0 Å². The summed E-state index contributed by atoms with van der Waals surface area (Å²) in [7, 11) is 0. The molecule has 8 nitrogen and oxygen atoms in total. The number of piperidine rings is 1. The van der Waals surface area contributed by atoms with Crippen LogP contribution in [0.4, 0.5) is 10.6 Å². The minimum Gasteiger partial charge on any atom is -0.481 e. The zero-order valence-corrected chi connectivity index (χ0v) is 19.5. The fourth-order valence-corrected chi connectivity index (χ4v) is 5.83. The summed E-state index contributed by atoms with van der Waals surface area (Å²) in [6.45, 7) is 2.30. The van der Waals surface area contributed by atoms with Crippen molar-refractivity contribution in [1.29, 1.82) is 0 Å². The SMILES string of the molecule is O=C(O)C(C1CCCCC1)C1(O)CCN(C(=O)NCCCc2ccc3c(n2)NCCC3)CC1. The largest absolute Gasteiger partial charge is 0.481 e. The summed E-state index contributed by atoms with van der Waals surface area (Å²) in [5.41, 5.74) is 1.08. The Morgan fingerprint density at radius 3 is 2.67 bits per heavy atom. The molecule has 3 heterocycles. The number of nitrogens with one attached hydrogen (secondary N) is 2. The van der Waals surface area contributed by atoms with Gasteiger partial charge in [-0.05, 0) is 68.9 Å². The van der Waals surface area contributed by atoms with Gasteiger partial charge >= 0.3 is 12.0 Å². The number of aromatic nitrogens is 1. The first kappa shape index (κ1) is 23.8. The van der Waals surface area contributed by atoms with Crippen molar-refractivity contribution in [3.63, 3.8) is 0 Å². The maximum Gasteiger partial charge on any atom is 0.317 e. The number of hydrogen-bond donors (Lipinski definition) is 4. The molecule has 0 spiro atoms. The Morgan fingerprint density at radius 1 is 1.18 bits per heavy atom. The van der Waals surface area contributed by atoms with E-state index < -0.39 is 17.5 Å². The van der Waals surface area contributed by atoms with Gasteiger partial charge in [0.25, 0.3) is 0 Å². The highest BCUT2D eigenvalue weighted by atomic mass is 16.4. The van der Waals surface area contributed by atoms with Crippen LogP contribution in [-0.4, -0.2) is 63.9 Å². The Balaban J connectivity index is 1.21. The van der Waals surface area contributed by atoms with E-state index in [1.165, 1.54) is 5.56 Å². The Bertz CT molecular complexity index is 832. The second-order valence-corrected chi connectivity index (χ2v) is 9.98. The molecule has 2 amide bonds. The molecule has 1 aromatic heterocycles. The van der Waals surface area contributed by atoms with Crippen LogP contribution in [0.2, 0.25) is 0 Å². The summed E-state index contributed by atoms with van der Waals surface area (Å²) in [5, 5.41) is 27.4. The number of likely N-dealkylation sites (tertiary alicyclic amines) is 1. The van der Waals surface area contributed by atoms with Crippen LogP contribution in [0.5, 0.6) is 0 Å². The number of pyridine rings is 1. The lowest BCUT2D eigenvalue weighted by atomic mass is 9.68. The zero-order valence-electron chi connectivity index (χ0n) is 19.5. The third-order valence-electron chi connectivity index (χ3n) is 7.72. The smallest absolute Gasteiger partial charge is 0.317 e. The monoisotopic (exact) mass is 458 g/mol. The van der Waals surface area contributed by atoms with E-state index in [2.05, 4.69) is 22.8 Å². The molecule has 4 rings (SSSR count). The van der Waals surface area contributed by atoms with Gasteiger partial charge in [0, 0.05) is 31.9 Å². The zero-order chi connectivity index (χ0) is 23.3. The van der Waals surface area contributed by atoms with Crippen molar-refractivity contribution in [3.05, 3.63) is 23.4 Å². The van der Waals surface area contributed by atoms with Crippen LogP contribution < -0.4 is 10.6 Å². The minimum absolute atomic E-state index is 0.0361. The summed E-state index contributed by atoms with van der Waals surface area (Å²) in [6.07, 6.45) is 9.43. The molecule has 2 fully saturated rings. The molecule has 182 valence electrons. The number of carbonyl (C=O) groups excluding carboxylic acids is 1. The number of aliphatic hydroxyl groups is 1. The van der Waals surface area contributed by atoms with Crippen LogP contribution in [0.25, 0.3) is 0 Å². The second-order valence-electron chi connectivity index (χ2n) is 9.98. The third-order valence-corrected chi connectivity index (χ3v) is 7.72. The number of aryl methyl sites for hydroxylation is 2. The fourth-order valence-electron chi connectivity index (χ4n) is 5.83. The highest BCUT2D eigenvalue weighted by molar-refractivity contribution is 5.75. The number of fused-ring (bicyclic) bond motifs is 1. The van der Waals surface area contributed by atoms with E-state index in [0.717, 1.165) is 75.8 Å². The van der Waals surface area contributed by atoms with E-state index in [1.807, 2.05) is 0 Å². The van der Waals surface area contributed by atoms with Gasteiger partial charge in [-0.2, -0.15) is 0 Å².